The number of nitrogens with zero attached hydrogens (tertiary/aromatic N) is 1. The fourth-order valence-electron chi connectivity index (χ4n) is 4.69. The summed E-state index contributed by atoms with van der Waals surface area (Å²) in [7, 11) is 0. The average Bonchev–Trinajstić information content (AvgIpc) is 2.72. The summed E-state index contributed by atoms with van der Waals surface area (Å²) in [4.78, 5) is 27.0. The third-order valence-electron chi connectivity index (χ3n) is 6.31. The van der Waals surface area contributed by atoms with Crippen LogP contribution in [0, 0.1) is 5.92 Å². The molecule has 1 heterocycles. The molecule has 0 spiro atoms. The second-order valence-electron chi connectivity index (χ2n) is 8.32. The van der Waals surface area contributed by atoms with Gasteiger partial charge < -0.3 is 15.3 Å². The maximum atomic E-state index is 13.2. The van der Waals surface area contributed by atoms with E-state index in [2.05, 4.69) is 10.2 Å². The number of amides is 1. The Morgan fingerprint density at radius 1 is 1.14 bits per heavy atom. The molecule has 1 aliphatic carbocycles. The number of anilines is 1. The Labute approximate surface area is 171 Å². The van der Waals surface area contributed by atoms with Crippen LogP contribution in [0.15, 0.2) is 48.5 Å². The SMILES string of the molecule is CC(=O)Nc1cccc2c1C(=O)C(CN1CCC(O)(c3ccccc3)CC1)CC2. The quantitative estimate of drug-likeness (QED) is 0.837. The van der Waals surface area contributed by atoms with E-state index < -0.39 is 5.60 Å². The minimum absolute atomic E-state index is 0.0691. The number of aliphatic hydroxyl groups is 1. The van der Waals surface area contributed by atoms with Crippen molar-refractivity contribution >= 4 is 17.4 Å². The third kappa shape index (κ3) is 4.11. The molecule has 2 N–H and O–H groups in total. The number of Topliss-reactive ketones (excluding diaryl/α,β-unsaturated/α-hetero) is 1. The maximum absolute atomic E-state index is 13.2. The number of likely N-dealkylation sites (tertiary alicyclic amines) is 1. The lowest BCUT2D eigenvalue weighted by Crippen LogP contribution is -2.45. The van der Waals surface area contributed by atoms with Crippen LogP contribution < -0.4 is 5.32 Å². The van der Waals surface area contributed by atoms with Gasteiger partial charge in [0.15, 0.2) is 5.78 Å². The minimum Gasteiger partial charge on any atom is -0.385 e. The number of benzene rings is 2. The van der Waals surface area contributed by atoms with Gasteiger partial charge in [0.05, 0.1) is 11.3 Å². The van der Waals surface area contributed by atoms with Crippen LogP contribution in [0.5, 0.6) is 0 Å². The van der Waals surface area contributed by atoms with Gasteiger partial charge >= 0.3 is 0 Å². The zero-order valence-corrected chi connectivity index (χ0v) is 16.9. The van der Waals surface area contributed by atoms with E-state index in [1.807, 2.05) is 42.5 Å². The van der Waals surface area contributed by atoms with Gasteiger partial charge in [-0.3, -0.25) is 9.59 Å². The summed E-state index contributed by atoms with van der Waals surface area (Å²) in [6, 6.07) is 15.5. The van der Waals surface area contributed by atoms with E-state index in [1.165, 1.54) is 6.92 Å². The fourth-order valence-corrected chi connectivity index (χ4v) is 4.69. The van der Waals surface area contributed by atoms with E-state index in [1.54, 1.807) is 6.07 Å². The number of aryl methyl sites for hydroxylation is 1. The molecule has 0 radical (unpaired) electrons. The number of ketones is 1. The van der Waals surface area contributed by atoms with Gasteiger partial charge in [-0.05, 0) is 42.9 Å². The highest BCUT2D eigenvalue weighted by atomic mass is 16.3. The van der Waals surface area contributed by atoms with Gasteiger partial charge in [0.1, 0.15) is 0 Å². The van der Waals surface area contributed by atoms with Crippen LogP contribution in [0.3, 0.4) is 0 Å². The zero-order valence-electron chi connectivity index (χ0n) is 16.9. The van der Waals surface area contributed by atoms with Crippen molar-refractivity contribution in [3.05, 3.63) is 65.2 Å². The molecule has 5 heteroatoms. The van der Waals surface area contributed by atoms with Gasteiger partial charge in [0.2, 0.25) is 5.91 Å². The molecular weight excluding hydrogens is 364 g/mol. The molecule has 5 nitrogen and oxygen atoms in total. The molecule has 1 aliphatic heterocycles. The van der Waals surface area contributed by atoms with Crippen LogP contribution in [0.25, 0.3) is 0 Å². The molecule has 4 rings (SSSR count). The summed E-state index contributed by atoms with van der Waals surface area (Å²) in [5.74, 6) is -0.107. The first-order chi connectivity index (χ1) is 14.0. The smallest absolute Gasteiger partial charge is 0.221 e. The summed E-state index contributed by atoms with van der Waals surface area (Å²) in [5, 5.41) is 13.8. The van der Waals surface area contributed by atoms with Crippen molar-refractivity contribution in [2.75, 3.05) is 25.0 Å². The molecule has 29 heavy (non-hydrogen) atoms. The first kappa shape index (κ1) is 19.8. The highest BCUT2D eigenvalue weighted by Gasteiger charge is 2.36. The average molecular weight is 392 g/mol. The molecule has 1 fully saturated rings. The topological polar surface area (TPSA) is 69.6 Å². The van der Waals surface area contributed by atoms with Crippen LogP contribution >= 0.6 is 0 Å². The summed E-state index contributed by atoms with van der Waals surface area (Å²) in [6.45, 7) is 3.72. The summed E-state index contributed by atoms with van der Waals surface area (Å²) in [5.41, 5.74) is 2.52. The molecule has 0 bridgehead atoms. The second kappa shape index (κ2) is 8.09. The Bertz CT molecular complexity index is 902. The second-order valence-corrected chi connectivity index (χ2v) is 8.32. The number of hydrogen-bond donors (Lipinski definition) is 2. The van der Waals surface area contributed by atoms with E-state index in [-0.39, 0.29) is 17.6 Å². The molecule has 1 amide bonds. The standard InChI is InChI=1S/C24H28N2O3/c1-17(27)25-21-9-5-6-18-10-11-19(23(28)22(18)21)16-26-14-12-24(29,13-15-26)20-7-3-2-4-8-20/h2-9,19,29H,10-16H2,1H3,(H,25,27). The van der Waals surface area contributed by atoms with Gasteiger partial charge in [-0.2, -0.15) is 0 Å². The summed E-state index contributed by atoms with van der Waals surface area (Å²) < 4.78 is 0. The molecule has 152 valence electrons. The summed E-state index contributed by atoms with van der Waals surface area (Å²) in [6.07, 6.45) is 3.02. The Balaban J connectivity index is 1.43. The van der Waals surface area contributed by atoms with E-state index in [9.17, 15) is 14.7 Å². The van der Waals surface area contributed by atoms with Crippen molar-refractivity contribution in [3.63, 3.8) is 0 Å². The Kier molecular flexibility index (Phi) is 5.52. The lowest BCUT2D eigenvalue weighted by Gasteiger charge is -2.40. The van der Waals surface area contributed by atoms with Crippen LogP contribution in [0.4, 0.5) is 5.69 Å². The number of carbonyl (C=O) groups excluding carboxylic acids is 2. The molecule has 1 unspecified atom stereocenters. The monoisotopic (exact) mass is 392 g/mol. The van der Waals surface area contributed by atoms with Crippen molar-refractivity contribution in [3.8, 4) is 0 Å². The van der Waals surface area contributed by atoms with Gasteiger partial charge in [-0.15, -0.1) is 0 Å². The van der Waals surface area contributed by atoms with E-state index in [0.29, 0.717) is 30.6 Å². The van der Waals surface area contributed by atoms with Crippen molar-refractivity contribution in [2.45, 2.75) is 38.2 Å². The number of nitrogens with one attached hydrogen (secondary N) is 1. The largest absolute Gasteiger partial charge is 0.385 e. The molecule has 2 aromatic carbocycles. The zero-order chi connectivity index (χ0) is 20.4. The van der Waals surface area contributed by atoms with Crippen LogP contribution in [-0.4, -0.2) is 41.3 Å². The van der Waals surface area contributed by atoms with E-state index in [0.717, 1.165) is 37.1 Å². The van der Waals surface area contributed by atoms with E-state index in [4.69, 9.17) is 0 Å². The number of carbonyl (C=O) groups is 2. The first-order valence-electron chi connectivity index (χ1n) is 10.4. The van der Waals surface area contributed by atoms with Crippen LogP contribution in [0.1, 0.15) is 47.7 Å². The van der Waals surface area contributed by atoms with Crippen molar-refractivity contribution < 1.29 is 14.7 Å². The van der Waals surface area contributed by atoms with Crippen molar-refractivity contribution in [1.82, 2.24) is 4.90 Å². The Hall–Kier alpha value is -2.50. The molecule has 0 saturated carbocycles. The normalized spacial score (nSPS) is 21.4. The predicted octanol–water partition coefficient (Wildman–Crippen LogP) is 3.37. The maximum Gasteiger partial charge on any atom is 0.221 e. The molecule has 0 aromatic heterocycles. The number of rotatable bonds is 4. The van der Waals surface area contributed by atoms with Crippen LogP contribution in [-0.2, 0) is 16.8 Å². The molecular formula is C24H28N2O3. The lowest BCUT2D eigenvalue weighted by atomic mass is 9.80. The van der Waals surface area contributed by atoms with Crippen LogP contribution in [0.2, 0.25) is 0 Å². The minimum atomic E-state index is -0.778. The number of fused-ring (bicyclic) bond motifs is 1. The third-order valence-corrected chi connectivity index (χ3v) is 6.31. The van der Waals surface area contributed by atoms with Crippen molar-refractivity contribution in [1.29, 1.82) is 0 Å². The Morgan fingerprint density at radius 3 is 2.55 bits per heavy atom. The molecule has 2 aromatic rings. The highest BCUT2D eigenvalue weighted by Crippen LogP contribution is 2.35. The fraction of sp³-hybridized carbons (Fsp3) is 0.417. The Morgan fingerprint density at radius 2 is 1.86 bits per heavy atom. The number of hydrogen-bond acceptors (Lipinski definition) is 4. The van der Waals surface area contributed by atoms with Gasteiger partial charge in [0, 0.05) is 38.0 Å². The van der Waals surface area contributed by atoms with Gasteiger partial charge in [0.25, 0.3) is 0 Å². The molecule has 2 aliphatic rings. The number of piperidine rings is 1. The predicted molar refractivity (Wildman–Crippen MR) is 113 cm³/mol. The highest BCUT2D eigenvalue weighted by molar-refractivity contribution is 6.07. The molecule has 1 atom stereocenters. The first-order valence-corrected chi connectivity index (χ1v) is 10.4. The van der Waals surface area contributed by atoms with Crippen molar-refractivity contribution in [2.24, 2.45) is 5.92 Å². The molecule has 1 saturated heterocycles. The lowest BCUT2D eigenvalue weighted by molar-refractivity contribution is -0.114. The van der Waals surface area contributed by atoms with E-state index >= 15 is 0 Å². The van der Waals surface area contributed by atoms with Gasteiger partial charge in [-0.1, -0.05) is 42.5 Å². The summed E-state index contributed by atoms with van der Waals surface area (Å²) >= 11 is 0. The van der Waals surface area contributed by atoms with Gasteiger partial charge in [-0.25, -0.2) is 0 Å².